The summed E-state index contributed by atoms with van der Waals surface area (Å²) in [4.78, 5) is 32.1. The minimum absolute atomic E-state index is 0.0202. The quantitative estimate of drug-likeness (QED) is 0.632. The van der Waals surface area contributed by atoms with Gasteiger partial charge in [0, 0.05) is 43.7 Å². The van der Waals surface area contributed by atoms with Crippen molar-refractivity contribution < 1.29 is 23.1 Å². The van der Waals surface area contributed by atoms with Gasteiger partial charge in [0.05, 0.1) is 36.6 Å². The molecule has 0 atom stereocenters. The van der Waals surface area contributed by atoms with Crippen molar-refractivity contribution in [1.29, 1.82) is 0 Å². The SMILES string of the molecule is CNC(=O)C1CC(n2nc(N3CCCc4nc(Cl)c(C(F)F)cc43)c3c2CCN(C(=O)OC)C3)C1. The zero-order valence-electron chi connectivity index (χ0n) is 19.6. The number of methoxy groups -OCH3 is 1. The van der Waals surface area contributed by atoms with E-state index in [-0.39, 0.29) is 28.6 Å². The van der Waals surface area contributed by atoms with Crippen molar-refractivity contribution in [1.82, 2.24) is 25.0 Å². The van der Waals surface area contributed by atoms with E-state index in [1.807, 2.05) is 9.58 Å². The van der Waals surface area contributed by atoms with Crippen molar-refractivity contribution in [3.63, 3.8) is 0 Å². The van der Waals surface area contributed by atoms with Crippen molar-refractivity contribution in [3.05, 3.63) is 33.7 Å². The zero-order valence-corrected chi connectivity index (χ0v) is 20.3. The summed E-state index contributed by atoms with van der Waals surface area (Å²) in [6, 6.07) is 1.47. The third kappa shape index (κ3) is 4.09. The standard InChI is InChI=1S/C23H27ClF2N6O3/c1-27-22(33)12-8-13(9-12)32-17-5-7-30(23(34)35-2)11-15(17)21(29-32)31-6-3-4-16-18(31)10-14(20(25)26)19(24)28-16/h10,12-13,20H,3-9,11H2,1-2H3,(H,27,33). The van der Waals surface area contributed by atoms with Crippen LogP contribution in [0.2, 0.25) is 5.15 Å². The average Bonchev–Trinajstić information content (AvgIpc) is 3.19. The molecule has 4 heterocycles. The van der Waals surface area contributed by atoms with Crippen LogP contribution in [-0.2, 0) is 28.9 Å². The summed E-state index contributed by atoms with van der Waals surface area (Å²) in [5.74, 6) is 0.591. The van der Waals surface area contributed by atoms with Crippen molar-refractivity contribution >= 4 is 35.1 Å². The number of carbonyl (C=O) groups excluding carboxylic acids is 2. The molecule has 0 unspecified atom stereocenters. The van der Waals surface area contributed by atoms with Gasteiger partial charge in [0.2, 0.25) is 5.91 Å². The van der Waals surface area contributed by atoms with Gasteiger partial charge in [0.25, 0.3) is 6.43 Å². The minimum Gasteiger partial charge on any atom is -0.453 e. The highest BCUT2D eigenvalue weighted by Gasteiger charge is 2.40. The number of alkyl halides is 2. The van der Waals surface area contributed by atoms with Gasteiger partial charge in [-0.15, -0.1) is 0 Å². The molecule has 0 aromatic carbocycles. The molecule has 0 saturated heterocycles. The minimum atomic E-state index is -2.75. The number of hydrogen-bond donors (Lipinski definition) is 1. The molecular formula is C23H27ClF2N6O3. The van der Waals surface area contributed by atoms with Crippen molar-refractivity contribution in [2.75, 3.05) is 32.1 Å². The Balaban J connectivity index is 1.56. The van der Waals surface area contributed by atoms with E-state index < -0.39 is 12.5 Å². The van der Waals surface area contributed by atoms with Crippen molar-refractivity contribution in [3.8, 4) is 0 Å². The van der Waals surface area contributed by atoms with Crippen LogP contribution in [0, 0.1) is 5.92 Å². The van der Waals surface area contributed by atoms with Crippen LogP contribution in [0.3, 0.4) is 0 Å². The number of amides is 2. The topological polar surface area (TPSA) is 92.6 Å². The monoisotopic (exact) mass is 508 g/mol. The third-order valence-electron chi connectivity index (χ3n) is 7.21. The lowest BCUT2D eigenvalue weighted by atomic mass is 9.79. The van der Waals surface area contributed by atoms with Gasteiger partial charge in [-0.2, -0.15) is 5.10 Å². The van der Waals surface area contributed by atoms with E-state index in [4.69, 9.17) is 21.4 Å². The Morgan fingerprint density at radius 1 is 1.26 bits per heavy atom. The van der Waals surface area contributed by atoms with Gasteiger partial charge in [-0.1, -0.05) is 11.6 Å². The number of nitrogens with one attached hydrogen (secondary N) is 1. The van der Waals surface area contributed by atoms with Crippen LogP contribution < -0.4 is 10.2 Å². The predicted octanol–water partition coefficient (Wildman–Crippen LogP) is 3.78. The van der Waals surface area contributed by atoms with E-state index in [1.165, 1.54) is 13.2 Å². The second kappa shape index (κ2) is 9.25. The van der Waals surface area contributed by atoms with E-state index in [0.717, 1.165) is 17.7 Å². The molecule has 1 saturated carbocycles. The number of carbonyl (C=O) groups is 2. The fourth-order valence-electron chi connectivity index (χ4n) is 5.28. The fraction of sp³-hybridized carbons (Fsp3) is 0.565. The number of fused-ring (bicyclic) bond motifs is 2. The molecule has 1 N–H and O–H groups in total. The molecule has 0 radical (unpaired) electrons. The Kier molecular flexibility index (Phi) is 6.29. The first kappa shape index (κ1) is 23.8. The maximum absolute atomic E-state index is 13.6. The van der Waals surface area contributed by atoms with E-state index in [2.05, 4.69) is 10.3 Å². The lowest BCUT2D eigenvalue weighted by molar-refractivity contribution is -0.128. The number of ether oxygens (including phenoxy) is 1. The molecule has 5 rings (SSSR count). The average molecular weight is 509 g/mol. The van der Waals surface area contributed by atoms with Crippen molar-refractivity contribution in [2.45, 2.75) is 51.1 Å². The smallest absolute Gasteiger partial charge is 0.409 e. The van der Waals surface area contributed by atoms with Gasteiger partial charge in [-0.3, -0.25) is 9.48 Å². The molecule has 9 nitrogen and oxygen atoms in total. The second-order valence-corrected chi connectivity index (χ2v) is 9.52. The number of aromatic nitrogens is 3. The van der Waals surface area contributed by atoms with Gasteiger partial charge in [0.1, 0.15) is 5.15 Å². The molecule has 2 aromatic heterocycles. The van der Waals surface area contributed by atoms with Gasteiger partial charge in [-0.05, 0) is 31.7 Å². The number of halogens is 3. The first-order chi connectivity index (χ1) is 16.8. The number of hydrogen-bond acceptors (Lipinski definition) is 6. The number of pyridine rings is 1. The molecule has 12 heteroatoms. The van der Waals surface area contributed by atoms with Gasteiger partial charge in [0.15, 0.2) is 5.82 Å². The maximum Gasteiger partial charge on any atom is 0.409 e. The van der Waals surface area contributed by atoms with Crippen LogP contribution in [0.25, 0.3) is 0 Å². The lowest BCUT2D eigenvalue weighted by Crippen LogP contribution is -2.40. The fourth-order valence-corrected chi connectivity index (χ4v) is 5.52. The lowest BCUT2D eigenvalue weighted by Gasteiger charge is -2.36. The number of rotatable bonds is 4. The number of aryl methyl sites for hydroxylation is 1. The highest BCUT2D eigenvalue weighted by atomic mass is 35.5. The summed E-state index contributed by atoms with van der Waals surface area (Å²) in [6.45, 7) is 1.36. The summed E-state index contributed by atoms with van der Waals surface area (Å²) >= 11 is 6.04. The summed E-state index contributed by atoms with van der Waals surface area (Å²) < 4.78 is 34.2. The van der Waals surface area contributed by atoms with Crippen LogP contribution in [0.4, 0.5) is 25.1 Å². The van der Waals surface area contributed by atoms with Crippen LogP contribution in [-0.4, -0.2) is 58.9 Å². The summed E-state index contributed by atoms with van der Waals surface area (Å²) in [5.41, 5.74) is 2.78. The Bertz CT molecular complexity index is 1170. The predicted molar refractivity (Wildman–Crippen MR) is 124 cm³/mol. The number of nitrogens with zero attached hydrogens (tertiary/aromatic N) is 5. The van der Waals surface area contributed by atoms with E-state index in [9.17, 15) is 18.4 Å². The molecule has 2 aliphatic heterocycles. The van der Waals surface area contributed by atoms with E-state index in [1.54, 1.807) is 11.9 Å². The van der Waals surface area contributed by atoms with Crippen LogP contribution in [0.1, 0.15) is 54.2 Å². The molecule has 35 heavy (non-hydrogen) atoms. The maximum atomic E-state index is 13.6. The molecule has 2 amide bonds. The molecule has 188 valence electrons. The van der Waals surface area contributed by atoms with E-state index in [0.29, 0.717) is 62.5 Å². The summed E-state index contributed by atoms with van der Waals surface area (Å²) in [5, 5.41) is 7.47. The van der Waals surface area contributed by atoms with Crippen LogP contribution in [0.15, 0.2) is 6.07 Å². The highest BCUT2D eigenvalue weighted by molar-refractivity contribution is 6.30. The largest absolute Gasteiger partial charge is 0.453 e. The van der Waals surface area contributed by atoms with E-state index >= 15 is 0 Å². The van der Waals surface area contributed by atoms with Gasteiger partial charge >= 0.3 is 6.09 Å². The van der Waals surface area contributed by atoms with Crippen LogP contribution in [0.5, 0.6) is 0 Å². The summed E-state index contributed by atoms with van der Waals surface area (Å²) in [6.07, 6.45) is 0.152. The molecule has 3 aliphatic rings. The second-order valence-electron chi connectivity index (χ2n) is 9.16. The zero-order chi connectivity index (χ0) is 24.9. The molecule has 0 spiro atoms. The molecule has 2 aromatic rings. The Hall–Kier alpha value is -2.95. The first-order valence-corrected chi connectivity index (χ1v) is 12.1. The van der Waals surface area contributed by atoms with Gasteiger partial charge < -0.3 is 19.9 Å². The Morgan fingerprint density at radius 3 is 2.71 bits per heavy atom. The normalized spacial score (nSPS) is 21.3. The van der Waals surface area contributed by atoms with Crippen molar-refractivity contribution in [2.24, 2.45) is 5.92 Å². The Morgan fingerprint density at radius 2 is 2.03 bits per heavy atom. The van der Waals surface area contributed by atoms with Crippen LogP contribution >= 0.6 is 11.6 Å². The highest BCUT2D eigenvalue weighted by Crippen LogP contribution is 2.44. The molecule has 0 bridgehead atoms. The Labute approximate surface area is 206 Å². The number of anilines is 2. The first-order valence-electron chi connectivity index (χ1n) is 11.7. The molecule has 1 fully saturated rings. The molecular weight excluding hydrogens is 482 g/mol. The molecule has 1 aliphatic carbocycles. The van der Waals surface area contributed by atoms with Gasteiger partial charge in [-0.25, -0.2) is 18.6 Å². The summed E-state index contributed by atoms with van der Waals surface area (Å²) in [7, 11) is 2.98. The third-order valence-corrected chi connectivity index (χ3v) is 7.51.